The molecule has 0 aromatic heterocycles. The van der Waals surface area contributed by atoms with Crippen molar-refractivity contribution in [3.63, 3.8) is 0 Å². The third kappa shape index (κ3) is 3.64. The first kappa shape index (κ1) is 13.3. The van der Waals surface area contributed by atoms with Crippen molar-refractivity contribution in [2.24, 2.45) is 0 Å². The van der Waals surface area contributed by atoms with E-state index < -0.39 is 11.7 Å². The van der Waals surface area contributed by atoms with Crippen LogP contribution < -0.4 is 5.32 Å². The number of likely N-dealkylation sites (tertiary alicyclic amines) is 1. The Balaban J connectivity index is 2.48. The van der Waals surface area contributed by atoms with E-state index in [1.54, 1.807) is 4.90 Å². The Morgan fingerprint density at radius 1 is 1.50 bits per heavy atom. The van der Waals surface area contributed by atoms with Gasteiger partial charge in [0.05, 0.1) is 12.6 Å². The van der Waals surface area contributed by atoms with Crippen LogP contribution in [0.2, 0.25) is 0 Å². The lowest BCUT2D eigenvalue weighted by Gasteiger charge is -2.36. The van der Waals surface area contributed by atoms with Gasteiger partial charge in [0.25, 0.3) is 0 Å². The molecule has 0 unspecified atom stereocenters. The lowest BCUT2D eigenvalue weighted by Crippen LogP contribution is -2.54. The molecule has 0 spiro atoms. The molecule has 0 aromatic rings. The van der Waals surface area contributed by atoms with Crippen LogP contribution in [0, 0.1) is 0 Å². The third-order valence-corrected chi connectivity index (χ3v) is 2.60. The van der Waals surface area contributed by atoms with Crippen molar-refractivity contribution < 1.29 is 14.6 Å². The Morgan fingerprint density at radius 2 is 2.12 bits per heavy atom. The van der Waals surface area contributed by atoms with Crippen molar-refractivity contribution in [1.29, 1.82) is 0 Å². The van der Waals surface area contributed by atoms with Crippen LogP contribution in [-0.2, 0) is 4.74 Å². The summed E-state index contributed by atoms with van der Waals surface area (Å²) >= 11 is 0. The zero-order valence-corrected chi connectivity index (χ0v) is 10.5. The van der Waals surface area contributed by atoms with Crippen LogP contribution in [0.3, 0.4) is 0 Å². The highest BCUT2D eigenvalue weighted by molar-refractivity contribution is 5.68. The van der Waals surface area contributed by atoms with Gasteiger partial charge in [0.1, 0.15) is 5.60 Å². The highest BCUT2D eigenvalue weighted by Gasteiger charge is 2.31. The van der Waals surface area contributed by atoms with Crippen molar-refractivity contribution in [1.82, 2.24) is 10.2 Å². The van der Waals surface area contributed by atoms with Gasteiger partial charge in [-0.2, -0.15) is 0 Å². The van der Waals surface area contributed by atoms with E-state index in [2.05, 4.69) is 5.32 Å². The van der Waals surface area contributed by atoms with Crippen molar-refractivity contribution >= 4 is 6.09 Å². The molecule has 0 aromatic carbocycles. The van der Waals surface area contributed by atoms with Crippen molar-refractivity contribution in [2.75, 3.05) is 20.1 Å². The molecule has 16 heavy (non-hydrogen) atoms. The lowest BCUT2D eigenvalue weighted by molar-refractivity contribution is -0.00384. The summed E-state index contributed by atoms with van der Waals surface area (Å²) in [5.74, 6) is 0. The van der Waals surface area contributed by atoms with E-state index >= 15 is 0 Å². The van der Waals surface area contributed by atoms with Gasteiger partial charge in [-0.15, -0.1) is 0 Å². The summed E-state index contributed by atoms with van der Waals surface area (Å²) in [5.41, 5.74) is -0.484. The topological polar surface area (TPSA) is 61.8 Å². The summed E-state index contributed by atoms with van der Waals surface area (Å²) < 4.78 is 5.25. The predicted octanol–water partition coefficient (Wildman–Crippen LogP) is 0.576. The first-order chi connectivity index (χ1) is 7.33. The molecule has 0 aliphatic carbocycles. The Morgan fingerprint density at radius 3 is 2.56 bits per heavy atom. The van der Waals surface area contributed by atoms with E-state index in [0.717, 1.165) is 6.42 Å². The Labute approximate surface area is 96.8 Å². The molecule has 1 aliphatic rings. The number of hydrogen-bond acceptors (Lipinski definition) is 4. The monoisotopic (exact) mass is 230 g/mol. The minimum atomic E-state index is -0.522. The average molecular weight is 230 g/mol. The minimum absolute atomic E-state index is 0.0682. The van der Waals surface area contributed by atoms with Crippen LogP contribution in [-0.4, -0.2) is 54.0 Å². The first-order valence-corrected chi connectivity index (χ1v) is 5.67. The number of ether oxygens (including phenoxy) is 1. The fourth-order valence-corrected chi connectivity index (χ4v) is 1.76. The van der Waals surface area contributed by atoms with E-state index in [1.165, 1.54) is 0 Å². The molecule has 0 bridgehead atoms. The molecular formula is C11H22N2O3. The summed E-state index contributed by atoms with van der Waals surface area (Å²) in [4.78, 5) is 13.3. The molecular weight excluding hydrogens is 208 g/mol. The quantitative estimate of drug-likeness (QED) is 0.691. The van der Waals surface area contributed by atoms with Crippen LogP contribution in [0.5, 0.6) is 0 Å². The van der Waals surface area contributed by atoms with Crippen LogP contribution in [0.1, 0.15) is 27.2 Å². The molecule has 1 rings (SSSR count). The van der Waals surface area contributed by atoms with Crippen molar-refractivity contribution in [3.8, 4) is 0 Å². The molecule has 5 nitrogen and oxygen atoms in total. The number of aliphatic hydroxyl groups excluding tert-OH is 1. The van der Waals surface area contributed by atoms with E-state index in [1.807, 2.05) is 27.8 Å². The number of hydrogen-bond donors (Lipinski definition) is 2. The Hall–Kier alpha value is -0.810. The van der Waals surface area contributed by atoms with Crippen LogP contribution in [0.4, 0.5) is 4.79 Å². The molecule has 1 amide bonds. The zero-order chi connectivity index (χ0) is 12.3. The van der Waals surface area contributed by atoms with E-state index in [-0.39, 0.29) is 12.1 Å². The number of piperidine rings is 1. The molecule has 1 aliphatic heterocycles. The number of aliphatic hydroxyl groups is 1. The molecule has 94 valence electrons. The number of amides is 1. The summed E-state index contributed by atoms with van der Waals surface area (Å²) in [6.45, 7) is 6.46. The normalized spacial score (nSPS) is 26.7. The zero-order valence-electron chi connectivity index (χ0n) is 10.5. The van der Waals surface area contributed by atoms with Gasteiger partial charge < -0.3 is 20.1 Å². The van der Waals surface area contributed by atoms with Gasteiger partial charge in [-0.05, 0) is 34.2 Å². The van der Waals surface area contributed by atoms with Crippen LogP contribution in [0.25, 0.3) is 0 Å². The number of β-amino-alcohol motifs (C(OH)–C–C–N with tert-alkyl or cyclic N) is 1. The molecule has 5 heteroatoms. The minimum Gasteiger partial charge on any atom is -0.444 e. The smallest absolute Gasteiger partial charge is 0.410 e. The van der Waals surface area contributed by atoms with Crippen LogP contribution in [0.15, 0.2) is 0 Å². The second kappa shape index (κ2) is 5.01. The Kier molecular flexibility index (Phi) is 4.15. The molecule has 0 saturated carbocycles. The number of carbonyl (C=O) groups excluding carboxylic acids is 1. The molecule has 2 atom stereocenters. The van der Waals surface area contributed by atoms with Crippen molar-refractivity contribution in [2.45, 2.75) is 44.9 Å². The lowest BCUT2D eigenvalue weighted by atomic mass is 10.0. The Bertz CT molecular complexity index is 250. The third-order valence-electron chi connectivity index (χ3n) is 2.60. The second-order valence-electron chi connectivity index (χ2n) is 5.18. The number of nitrogens with one attached hydrogen (secondary N) is 1. The molecule has 0 radical (unpaired) electrons. The number of rotatable bonds is 1. The van der Waals surface area contributed by atoms with Gasteiger partial charge in [-0.25, -0.2) is 4.79 Å². The van der Waals surface area contributed by atoms with E-state index in [0.29, 0.717) is 13.1 Å². The van der Waals surface area contributed by atoms with Gasteiger partial charge >= 0.3 is 6.09 Å². The number of nitrogens with zero attached hydrogens (tertiary/aromatic N) is 1. The van der Waals surface area contributed by atoms with Crippen LogP contribution >= 0.6 is 0 Å². The predicted molar refractivity (Wildman–Crippen MR) is 61.3 cm³/mol. The van der Waals surface area contributed by atoms with E-state index in [9.17, 15) is 9.90 Å². The molecule has 2 N–H and O–H groups in total. The maximum absolute atomic E-state index is 11.7. The molecule has 1 heterocycles. The van der Waals surface area contributed by atoms with Gasteiger partial charge in [0.2, 0.25) is 0 Å². The van der Waals surface area contributed by atoms with Gasteiger partial charge in [0, 0.05) is 12.6 Å². The van der Waals surface area contributed by atoms with E-state index in [4.69, 9.17) is 4.74 Å². The molecule has 1 saturated heterocycles. The fraction of sp³-hybridized carbons (Fsp3) is 0.909. The van der Waals surface area contributed by atoms with Gasteiger partial charge in [-0.1, -0.05) is 0 Å². The maximum atomic E-state index is 11.7. The summed E-state index contributed by atoms with van der Waals surface area (Å²) in [6, 6.07) is 0.0682. The second-order valence-corrected chi connectivity index (χ2v) is 5.18. The SMILES string of the molecule is CN[C@H]1CCN(C(=O)OC(C)(C)C)C[C@H]1O. The van der Waals surface area contributed by atoms with Gasteiger partial charge in [0.15, 0.2) is 0 Å². The first-order valence-electron chi connectivity index (χ1n) is 5.67. The van der Waals surface area contributed by atoms with Crippen molar-refractivity contribution in [3.05, 3.63) is 0 Å². The summed E-state index contributed by atoms with van der Waals surface area (Å²) in [6.07, 6.45) is -0.121. The highest BCUT2D eigenvalue weighted by atomic mass is 16.6. The maximum Gasteiger partial charge on any atom is 0.410 e. The van der Waals surface area contributed by atoms with Gasteiger partial charge in [-0.3, -0.25) is 0 Å². The molecule has 1 fully saturated rings. The fourth-order valence-electron chi connectivity index (χ4n) is 1.76. The summed E-state index contributed by atoms with van der Waals surface area (Å²) in [7, 11) is 1.82. The summed E-state index contributed by atoms with van der Waals surface area (Å²) in [5, 5.41) is 12.8. The number of likely N-dealkylation sites (N-methyl/N-ethyl adjacent to an activating group) is 1. The number of carbonyl (C=O) groups is 1. The average Bonchev–Trinajstić information content (AvgIpc) is 2.15. The highest BCUT2D eigenvalue weighted by Crippen LogP contribution is 2.15. The standard InChI is InChI=1S/C11H22N2O3/c1-11(2,3)16-10(15)13-6-5-8(12-4)9(14)7-13/h8-9,12,14H,5-7H2,1-4H3/t8-,9+/m0/s1. The largest absolute Gasteiger partial charge is 0.444 e.